The molecule has 47 heteroatoms. The first-order valence-electron chi connectivity index (χ1n) is 35.9. The number of nitrogen functional groups attached to an aromatic ring is 3. The molecule has 6 aliphatic heterocycles. The number of hydrogen-bond donors (Lipinski definition) is 8. The van der Waals surface area contributed by atoms with Gasteiger partial charge in [0.25, 0.3) is 0 Å². The van der Waals surface area contributed by atoms with Crippen LogP contribution in [0.1, 0.15) is 108 Å². The van der Waals surface area contributed by atoms with Crippen LogP contribution in [0.25, 0.3) is 28.1 Å². The van der Waals surface area contributed by atoms with Crippen LogP contribution in [-0.4, -0.2) is 171 Å². The van der Waals surface area contributed by atoms with Gasteiger partial charge in [0.2, 0.25) is 17.8 Å². The van der Waals surface area contributed by atoms with Gasteiger partial charge in [-0.1, -0.05) is 71.7 Å². The SMILES string of the molecule is C.C[C@@H]1OCC2(CCN(c3ncc(-c4cnc(N)c(Cl)c4Cl)c4nccn34)CC2)[C@@H]1N.C[C@@H]1OCC2(CCN(c3ncc(Br)c4nccn34)CC2)[C@@H]1N[S@](=O)C(C)(C)C.C[C@@H]1OCC2(CCN(c3ncc(Sc4ccnc(N)c4Cl)c4nccn34)CC2)[C@@H]1N[S@](=O)C(C)(C)C.Cl.N=N/N=N/N=N/N=N/N=N.Nc1nccc([S-])c1Cl.[Na+]. The number of imidazole rings is 3. The minimum absolute atomic E-state index is 0. The fraction of sp³-hybridized carbons (Fsp3) is 0.522. The third-order valence-electron chi connectivity index (χ3n) is 20.8. The van der Waals surface area contributed by atoms with Crippen LogP contribution in [0.3, 0.4) is 0 Å². The second kappa shape index (κ2) is 41.3. The summed E-state index contributed by atoms with van der Waals surface area (Å²) in [5, 5.41) is 23.2. The van der Waals surface area contributed by atoms with Gasteiger partial charge in [0.1, 0.15) is 28.1 Å². The maximum atomic E-state index is 12.9. The van der Waals surface area contributed by atoms with Crippen LogP contribution in [0, 0.1) is 27.3 Å². The summed E-state index contributed by atoms with van der Waals surface area (Å²) in [5.41, 5.74) is 39.4. The Labute approximate surface area is 743 Å². The molecule has 0 amide bonds. The summed E-state index contributed by atoms with van der Waals surface area (Å²) >= 11 is 34.4. The topological polar surface area (TPSA) is 476 Å². The average molecular weight is 1850 g/mol. The molecule has 0 saturated carbocycles. The Morgan fingerprint density at radius 2 is 0.922 bits per heavy atom. The number of nitrogens with zero attached hydrogens (tertiary/aromatic N) is 23. The second-order valence-corrected chi connectivity index (χ2v) is 37.7. The van der Waals surface area contributed by atoms with Crippen molar-refractivity contribution in [3.8, 4) is 11.1 Å². The van der Waals surface area contributed by atoms with Crippen LogP contribution in [-0.2, 0) is 48.8 Å². The van der Waals surface area contributed by atoms with Gasteiger partial charge in [-0.15, -0.1) is 12.4 Å². The van der Waals surface area contributed by atoms with Crippen LogP contribution in [0.4, 0.5) is 35.3 Å². The molecule has 0 aliphatic carbocycles. The zero-order valence-corrected chi connectivity index (χ0v) is 75.4. The van der Waals surface area contributed by atoms with Gasteiger partial charge in [-0.25, -0.2) is 62.7 Å². The number of hydrogen-bond acceptors (Lipinski definition) is 25. The van der Waals surface area contributed by atoms with E-state index < -0.39 is 22.0 Å². The van der Waals surface area contributed by atoms with E-state index >= 15 is 0 Å². The Hall–Kier alpha value is -6.33. The molecule has 116 heavy (non-hydrogen) atoms. The van der Waals surface area contributed by atoms with Gasteiger partial charge in [-0.3, -0.25) is 13.2 Å². The van der Waals surface area contributed by atoms with E-state index in [0.717, 1.165) is 146 Å². The molecule has 0 unspecified atom stereocenters. The van der Waals surface area contributed by atoms with E-state index in [4.69, 9.17) is 117 Å². The summed E-state index contributed by atoms with van der Waals surface area (Å²) in [7, 11) is -2.26. The molecule has 0 aromatic carbocycles. The number of aromatic nitrogens is 12. The second-order valence-electron chi connectivity index (χ2n) is 29.8. The number of fused-ring (bicyclic) bond motifs is 3. The van der Waals surface area contributed by atoms with Crippen LogP contribution in [0.2, 0.25) is 20.1 Å². The maximum absolute atomic E-state index is 12.9. The molecule has 0 bridgehead atoms. The van der Waals surface area contributed by atoms with Gasteiger partial charge in [0.15, 0.2) is 11.3 Å². The third kappa shape index (κ3) is 21.5. The zero-order chi connectivity index (χ0) is 81.3. The van der Waals surface area contributed by atoms with E-state index in [1.807, 2.05) is 91.8 Å². The normalized spacial score (nSPS) is 21.3. The molecule has 622 valence electrons. The van der Waals surface area contributed by atoms with Crippen molar-refractivity contribution < 1.29 is 52.2 Å². The van der Waals surface area contributed by atoms with Crippen molar-refractivity contribution in [1.29, 1.82) is 11.1 Å². The molecule has 36 nitrogen and oxygen atoms in total. The summed E-state index contributed by atoms with van der Waals surface area (Å²) in [6.45, 7) is 25.5. The first kappa shape index (κ1) is 95.1. The van der Waals surface area contributed by atoms with Crippen molar-refractivity contribution in [2.75, 3.05) is 91.0 Å². The number of pyridine rings is 3. The predicted octanol–water partition coefficient (Wildman–Crippen LogP) is 11.2. The molecule has 12 N–H and O–H groups in total. The van der Waals surface area contributed by atoms with Crippen molar-refractivity contribution in [1.82, 2.24) is 67.5 Å². The van der Waals surface area contributed by atoms with Crippen molar-refractivity contribution in [3.05, 3.63) is 111 Å². The van der Waals surface area contributed by atoms with E-state index in [1.54, 1.807) is 43.2 Å². The molecular formula is C69H94BrCl5N31NaO5S4. The molecule has 8 atom stereocenters. The Bertz CT molecular complexity index is 4960. The molecule has 15 rings (SSSR count). The summed E-state index contributed by atoms with van der Waals surface area (Å²) < 4.78 is 56.7. The van der Waals surface area contributed by atoms with E-state index in [1.165, 1.54) is 18.0 Å². The molecular weight excluding hydrogens is 1750 g/mol. The minimum atomic E-state index is -1.15. The molecule has 9 aromatic heterocycles. The number of anilines is 6. The van der Waals surface area contributed by atoms with Gasteiger partial charge >= 0.3 is 29.6 Å². The Morgan fingerprint density at radius 3 is 1.39 bits per heavy atom. The average Bonchev–Trinajstić information content (AvgIpc) is 1.57. The first-order valence-corrected chi connectivity index (χ1v) is 41.7. The quantitative estimate of drug-likeness (QED) is 0.0217. The molecule has 0 radical (unpaired) electrons. The first-order chi connectivity index (χ1) is 53.8. The van der Waals surface area contributed by atoms with E-state index in [0.29, 0.717) is 43.8 Å². The molecule has 6 fully saturated rings. The van der Waals surface area contributed by atoms with Crippen molar-refractivity contribution in [2.24, 2.45) is 63.8 Å². The van der Waals surface area contributed by atoms with Crippen LogP contribution in [0.5, 0.6) is 0 Å². The Kier molecular flexibility index (Phi) is 33.9. The number of rotatable bonds is 14. The van der Waals surface area contributed by atoms with Crippen molar-refractivity contribution >= 4 is 173 Å². The molecule has 6 aliphatic rings. The summed E-state index contributed by atoms with van der Waals surface area (Å²) in [4.78, 5) is 48.8. The summed E-state index contributed by atoms with van der Waals surface area (Å²) in [6.07, 6.45) is 27.3. The predicted molar refractivity (Wildman–Crippen MR) is 456 cm³/mol. The largest absolute Gasteiger partial charge is 1.00 e. The van der Waals surface area contributed by atoms with E-state index in [-0.39, 0.29) is 122 Å². The smallest absolute Gasteiger partial charge is 0.778 e. The number of nitrogens with two attached hydrogens (primary N) is 4. The molecule has 15 heterocycles. The van der Waals surface area contributed by atoms with Gasteiger partial charge in [0.05, 0.1) is 106 Å². The Morgan fingerprint density at radius 1 is 0.526 bits per heavy atom. The van der Waals surface area contributed by atoms with Gasteiger partial charge in [0, 0.05) is 152 Å². The van der Waals surface area contributed by atoms with Crippen molar-refractivity contribution in [3.63, 3.8) is 0 Å². The monoisotopic (exact) mass is 1840 g/mol. The van der Waals surface area contributed by atoms with Crippen LogP contribution < -0.4 is 76.6 Å². The maximum Gasteiger partial charge on any atom is 1.00 e. The van der Waals surface area contributed by atoms with Crippen LogP contribution >= 0.6 is 86.5 Å². The van der Waals surface area contributed by atoms with Crippen molar-refractivity contribution in [2.45, 2.75) is 169 Å². The number of ether oxygens (including phenoxy) is 3. The number of halogens is 6. The standard InChI is InChI=1S/C24H32ClN7O2S2.C20H23Cl2N7O.C19H28BrN5O2S.C5H5ClN2S.CH4.ClH.H2N10.Na/c1-15-19(30-36(33)23(2,3)4)24(14-34-15)6-10-31(11-7-24)22-29-13-17(21-28-9-12-32(21)22)35-16-5-8-27-20(26)18(16)25;1-11-16(23)20(10-30-11)2-5-28(6-3-20)19-27-9-13(18-25-4-7-29(18)19)12-8-26-17(24)15(22)14(12)21;1-13-15(23-28(26)18(2,3)4)19(12-27-13)5-8-24(9-6-19)17-22-11-14(20)16-21-7-10-25(16)17;6-4-3(9)1-2-8-5(4)7;;;1-3-5-7-9-10-8-6-4-2;/h5,8-9,12-13,15,19,30H,6-7,10-11,14H2,1-4H3,(H2,26,27);4,7-9,11,16H,2-3,5-6,10,23H2,1H3,(H2,24,26);7,10-11,13,15,23H,5-6,8-9,12H2,1-4H3;1-2H,(H3,7,8,9);1H4;1H;1-2H;/q;;;;;;;+1/p-1/b;;;;;;3-1?,4-2?,7-5+,8-6+,10-9+;/t15-,19+,36+;11-,16+;13-,15+,28+;;;;;/m000...../s1. The van der Waals surface area contributed by atoms with E-state index in [9.17, 15) is 8.42 Å². The summed E-state index contributed by atoms with van der Waals surface area (Å²) in [6, 6.07) is 3.70. The van der Waals surface area contributed by atoms with E-state index in [2.05, 4.69) is 138 Å². The Balaban J connectivity index is 0.000000194. The fourth-order valence-electron chi connectivity index (χ4n) is 14.3. The third-order valence-corrected chi connectivity index (χ3v) is 27.8. The zero-order valence-electron chi connectivity index (χ0n) is 64.7. The molecule has 9 aromatic rings. The van der Waals surface area contributed by atoms with Gasteiger partial charge in [-0.05, 0) is 165 Å². The molecule has 6 saturated heterocycles. The van der Waals surface area contributed by atoms with Crippen LogP contribution in [0.15, 0.2) is 147 Å². The number of nitrogens with one attached hydrogen (secondary N) is 4. The van der Waals surface area contributed by atoms with Gasteiger partial charge in [-0.2, -0.15) is 16.0 Å². The summed E-state index contributed by atoms with van der Waals surface area (Å²) in [5.74, 6) is 3.41. The number of piperidine rings is 3. The molecule has 3 spiro atoms. The fourth-order valence-corrected chi connectivity index (χ4v) is 18.6. The minimum Gasteiger partial charge on any atom is -0.778 e. The van der Waals surface area contributed by atoms with Gasteiger partial charge < -0.3 is 64.5 Å².